The highest BCUT2D eigenvalue weighted by Crippen LogP contribution is 2.47. The molecular weight excluding hydrogens is 494 g/mol. The molecule has 34 heavy (non-hydrogen) atoms. The number of hydrogen-bond donors (Lipinski definition) is 0. The van der Waals surface area contributed by atoms with Crippen LogP contribution in [0.15, 0.2) is 66.0 Å². The van der Waals surface area contributed by atoms with Crippen molar-refractivity contribution in [3.05, 3.63) is 35.3 Å². The van der Waals surface area contributed by atoms with Gasteiger partial charge in [0.25, 0.3) is 17.2 Å². The number of nitrogens with zero attached hydrogens (tertiary/aromatic N) is 6. The minimum Gasteiger partial charge on any atom is -0.349 e. The van der Waals surface area contributed by atoms with Crippen LogP contribution in [0.4, 0.5) is 39.5 Å². The number of rotatable bonds is 6. The van der Waals surface area contributed by atoms with E-state index in [2.05, 4.69) is 44.6 Å². The lowest BCUT2D eigenvalue weighted by atomic mass is 10.0. The average Bonchev–Trinajstić information content (AvgIpc) is 3.33. The lowest BCUT2D eigenvalue weighted by molar-refractivity contribution is -0.275. The van der Waals surface area contributed by atoms with Crippen molar-refractivity contribution >= 4 is 7.32 Å². The lowest BCUT2D eigenvalue weighted by Gasteiger charge is -2.35. The van der Waals surface area contributed by atoms with Gasteiger partial charge in [0.15, 0.2) is 0 Å². The molecule has 19 heteroatoms. The summed E-state index contributed by atoms with van der Waals surface area (Å²) in [6.45, 7) is 3.08. The van der Waals surface area contributed by atoms with Crippen molar-refractivity contribution in [3.63, 3.8) is 0 Å². The van der Waals surface area contributed by atoms with Crippen molar-refractivity contribution in [1.29, 1.82) is 0 Å². The van der Waals surface area contributed by atoms with Gasteiger partial charge in [0.05, 0.1) is 17.1 Å². The van der Waals surface area contributed by atoms with Crippen LogP contribution < -0.4 is 0 Å². The van der Waals surface area contributed by atoms with E-state index < -0.39 is 60.1 Å². The van der Waals surface area contributed by atoms with Crippen molar-refractivity contribution in [2.75, 3.05) is 0 Å². The molecule has 0 amide bonds. The first-order chi connectivity index (χ1) is 15.3. The van der Waals surface area contributed by atoms with Crippen LogP contribution in [-0.4, -0.2) is 43.0 Å². The molecule has 0 bridgehead atoms. The first-order valence-corrected chi connectivity index (χ1v) is 8.94. The Morgan fingerprint density at radius 1 is 0.559 bits per heavy atom. The third-order valence-electron chi connectivity index (χ3n) is 4.33. The predicted molar refractivity (Wildman–Crippen MR) is 91.2 cm³/mol. The maximum Gasteiger partial charge on any atom is 0.646 e. The quantitative estimate of drug-likeness (QED) is 0.331. The summed E-state index contributed by atoms with van der Waals surface area (Å²) >= 11 is 0. The third-order valence-corrected chi connectivity index (χ3v) is 4.33. The monoisotopic (exact) mass is 506 g/mol. The summed E-state index contributed by atoms with van der Waals surface area (Å²) in [4.78, 5) is 0. The maximum absolute atomic E-state index is 13.8. The SMILES string of the molecule is CC1=CC(OB(OC2(C(F)(F)F)C=C(C)N=N2)OC2(C(F)(F)F)C=C(C)N=N2)(C(F)(F)F)N=N1. The predicted octanol–water partition coefficient (Wildman–Crippen LogP) is 5.91. The van der Waals surface area contributed by atoms with Gasteiger partial charge in [-0.1, -0.05) is 0 Å². The second kappa shape index (κ2) is 7.94. The zero-order valence-electron chi connectivity index (χ0n) is 17.1. The Morgan fingerprint density at radius 3 is 0.941 bits per heavy atom. The molecule has 3 atom stereocenters. The van der Waals surface area contributed by atoms with E-state index in [0.29, 0.717) is 0 Å². The van der Waals surface area contributed by atoms with Gasteiger partial charge in [-0.05, 0) is 20.8 Å². The summed E-state index contributed by atoms with van der Waals surface area (Å²) in [5.41, 5.74) is -12.7. The normalized spacial score (nSPS) is 31.2. The second-order valence-electron chi connectivity index (χ2n) is 7.18. The molecule has 0 aromatic carbocycles. The van der Waals surface area contributed by atoms with Crippen molar-refractivity contribution in [1.82, 2.24) is 0 Å². The highest BCUT2D eigenvalue weighted by atomic mass is 19.4. The molecule has 0 N–H and O–H groups in total. The van der Waals surface area contributed by atoms with E-state index >= 15 is 0 Å². The second-order valence-corrected chi connectivity index (χ2v) is 7.18. The molecule has 0 aromatic heterocycles. The van der Waals surface area contributed by atoms with E-state index in [0.717, 1.165) is 20.8 Å². The van der Waals surface area contributed by atoms with Gasteiger partial charge >= 0.3 is 25.9 Å². The topological polar surface area (TPSA) is 102 Å². The van der Waals surface area contributed by atoms with Gasteiger partial charge in [0.1, 0.15) is 0 Å². The van der Waals surface area contributed by atoms with Crippen LogP contribution in [0.3, 0.4) is 0 Å². The van der Waals surface area contributed by atoms with Gasteiger partial charge in [-0.3, -0.25) is 0 Å². The minimum atomic E-state index is -5.51. The summed E-state index contributed by atoms with van der Waals surface area (Å²) in [5.74, 6) is 0. The molecule has 3 heterocycles. The first kappa shape index (κ1) is 25.9. The fraction of sp³-hybridized carbons (Fsp3) is 0.600. The highest BCUT2D eigenvalue weighted by Gasteiger charge is 2.68. The average molecular weight is 506 g/mol. The molecule has 186 valence electrons. The largest absolute Gasteiger partial charge is 0.646 e. The summed E-state index contributed by atoms with van der Waals surface area (Å²) in [7, 11) is -3.38. The first-order valence-electron chi connectivity index (χ1n) is 8.94. The molecule has 0 fully saturated rings. The molecule has 9 nitrogen and oxygen atoms in total. The molecule has 0 radical (unpaired) electrons. The van der Waals surface area contributed by atoms with E-state index in [4.69, 9.17) is 0 Å². The van der Waals surface area contributed by atoms with Crippen LogP contribution in [0.2, 0.25) is 0 Å². The van der Waals surface area contributed by atoms with Gasteiger partial charge in [0.2, 0.25) is 0 Å². The van der Waals surface area contributed by atoms with E-state index in [1.807, 2.05) is 0 Å². The number of alkyl halides is 9. The highest BCUT2D eigenvalue weighted by molar-refractivity contribution is 6.37. The smallest absolute Gasteiger partial charge is 0.349 e. The van der Waals surface area contributed by atoms with E-state index in [-0.39, 0.29) is 18.2 Å². The summed E-state index contributed by atoms with van der Waals surface area (Å²) in [5, 5.41) is 17.8. The zero-order valence-corrected chi connectivity index (χ0v) is 17.1. The standard InChI is InChI=1S/C15H12BF9N6O3/c1-7-4-10(29-26-7,13(17,18)19)32-16(33-11(14(20,21)22)5-8(2)27-30-11)34-12(15(23,24)25)6-9(3)28-31-12/h4-6H,1-3H3. The van der Waals surface area contributed by atoms with Gasteiger partial charge in [0, 0.05) is 18.2 Å². The Kier molecular flexibility index (Phi) is 6.06. The molecule has 0 aromatic rings. The van der Waals surface area contributed by atoms with Crippen LogP contribution in [0.5, 0.6) is 0 Å². The van der Waals surface area contributed by atoms with Crippen LogP contribution in [0.25, 0.3) is 0 Å². The Morgan fingerprint density at radius 2 is 0.794 bits per heavy atom. The van der Waals surface area contributed by atoms with Gasteiger partial charge in [-0.15, -0.1) is 15.3 Å². The van der Waals surface area contributed by atoms with E-state index in [1.165, 1.54) is 0 Å². The van der Waals surface area contributed by atoms with Crippen molar-refractivity contribution in [2.45, 2.75) is 56.5 Å². The Labute approximate surface area is 184 Å². The summed E-state index contributed by atoms with van der Waals surface area (Å²) in [6.07, 6.45) is -15.9. The molecule has 0 spiro atoms. The van der Waals surface area contributed by atoms with Gasteiger partial charge in [-0.2, -0.15) is 54.9 Å². The van der Waals surface area contributed by atoms with Crippen LogP contribution >= 0.6 is 0 Å². The van der Waals surface area contributed by atoms with Crippen LogP contribution in [-0.2, 0) is 14.0 Å². The molecule has 3 aliphatic rings. The molecule has 3 unspecified atom stereocenters. The van der Waals surface area contributed by atoms with Crippen LogP contribution in [0, 0.1) is 0 Å². The van der Waals surface area contributed by atoms with Crippen molar-refractivity contribution < 1.29 is 53.5 Å². The summed E-state index contributed by atoms with van der Waals surface area (Å²) in [6, 6.07) is 0. The Bertz CT molecular complexity index is 906. The lowest BCUT2D eigenvalue weighted by Crippen LogP contribution is -2.58. The Hall–Kier alpha value is -2.67. The molecule has 0 saturated heterocycles. The minimum absolute atomic E-state index is 0.210. The molecule has 0 aliphatic carbocycles. The fourth-order valence-electron chi connectivity index (χ4n) is 2.78. The molecule has 3 rings (SSSR count). The Balaban J connectivity index is 2.10. The molecule has 0 saturated carbocycles. The van der Waals surface area contributed by atoms with E-state index in [1.54, 1.807) is 0 Å². The van der Waals surface area contributed by atoms with Crippen molar-refractivity contribution in [2.24, 2.45) is 30.7 Å². The maximum atomic E-state index is 13.8. The molecule has 3 aliphatic heterocycles. The number of allylic oxidation sites excluding steroid dienone is 3. The van der Waals surface area contributed by atoms with Crippen molar-refractivity contribution in [3.8, 4) is 0 Å². The number of hydrogen-bond acceptors (Lipinski definition) is 9. The number of halogens is 9. The fourth-order valence-corrected chi connectivity index (χ4v) is 2.78. The van der Waals surface area contributed by atoms with Crippen LogP contribution in [0.1, 0.15) is 20.8 Å². The summed E-state index contributed by atoms with van der Waals surface area (Å²) < 4.78 is 137. The number of azo groups is 3. The van der Waals surface area contributed by atoms with Gasteiger partial charge in [-0.25, -0.2) is 0 Å². The van der Waals surface area contributed by atoms with Gasteiger partial charge < -0.3 is 14.0 Å². The van der Waals surface area contributed by atoms with E-state index in [9.17, 15) is 39.5 Å². The zero-order chi connectivity index (χ0) is 25.8. The third kappa shape index (κ3) is 4.50. The molecular formula is C15H12BF9N6O3.